The van der Waals surface area contributed by atoms with Crippen LogP contribution in [0.2, 0.25) is 0 Å². The maximum Gasteiger partial charge on any atom is 0.303 e. The second-order valence-electron chi connectivity index (χ2n) is 10.1. The lowest BCUT2D eigenvalue weighted by Gasteiger charge is -2.48. The van der Waals surface area contributed by atoms with Crippen LogP contribution in [-0.2, 0) is 61.5 Å². The highest BCUT2D eigenvalue weighted by molar-refractivity contribution is 5.69. The van der Waals surface area contributed by atoms with Crippen LogP contribution in [0.25, 0.3) is 0 Å². The molecule has 0 aromatic heterocycles. The summed E-state index contributed by atoms with van der Waals surface area (Å²) in [6.45, 7) is 7.69. The van der Waals surface area contributed by atoms with Crippen LogP contribution in [0.4, 0.5) is 0 Å². The van der Waals surface area contributed by atoms with E-state index in [1.165, 1.54) is 6.07 Å². The summed E-state index contributed by atoms with van der Waals surface area (Å²) < 4.78 is 27.5. The lowest BCUT2D eigenvalue weighted by Crippen LogP contribution is -2.66. The highest BCUT2D eigenvalue weighted by atomic mass is 16.7. The van der Waals surface area contributed by atoms with Gasteiger partial charge in [-0.25, -0.2) is 0 Å². The average molecular weight is 582 g/mol. The van der Waals surface area contributed by atoms with Crippen molar-refractivity contribution in [1.82, 2.24) is 0 Å². The Balaban J connectivity index is 2.21. The Bertz CT molecular complexity index is 1380. The Morgan fingerprint density at radius 1 is 0.905 bits per heavy atom. The number of nitrogens with zero attached hydrogens (tertiary/aromatic N) is 1. The first-order valence-electron chi connectivity index (χ1n) is 13.5. The molecular formula is C31H35NO10. The van der Waals surface area contributed by atoms with Crippen LogP contribution in [0.5, 0.6) is 0 Å². The van der Waals surface area contributed by atoms with Crippen molar-refractivity contribution >= 4 is 23.9 Å². The average Bonchev–Trinajstić information content (AvgIpc) is 2.91. The Labute approximate surface area is 244 Å². The fourth-order valence-corrected chi connectivity index (χ4v) is 4.99. The summed E-state index contributed by atoms with van der Waals surface area (Å²) in [5, 5.41) is 22.2. The minimum atomic E-state index is -2.49. The van der Waals surface area contributed by atoms with Crippen LogP contribution in [0.15, 0.2) is 36.4 Å². The van der Waals surface area contributed by atoms with Crippen molar-refractivity contribution in [3.63, 3.8) is 0 Å². The first-order chi connectivity index (χ1) is 19.8. The number of benzene rings is 2. The molecule has 0 amide bonds. The third-order valence-corrected chi connectivity index (χ3v) is 6.82. The van der Waals surface area contributed by atoms with Gasteiger partial charge in [0.25, 0.3) is 0 Å². The maximum absolute atomic E-state index is 12.3. The molecule has 0 radical (unpaired) electrons. The van der Waals surface area contributed by atoms with Gasteiger partial charge < -0.3 is 28.8 Å². The third-order valence-electron chi connectivity index (χ3n) is 6.82. The fraction of sp³-hybridized carbons (Fsp3) is 0.452. The number of ether oxygens (including phenoxy) is 5. The van der Waals surface area contributed by atoms with Gasteiger partial charge in [-0.1, -0.05) is 31.2 Å². The first-order valence-corrected chi connectivity index (χ1v) is 13.5. The Morgan fingerprint density at radius 2 is 1.48 bits per heavy atom. The number of carbonyl (C=O) groups is 4. The van der Waals surface area contributed by atoms with Crippen molar-refractivity contribution in [3.8, 4) is 6.07 Å². The Kier molecular flexibility index (Phi) is 10.4. The number of aliphatic hydroxyl groups is 1. The molecule has 11 heteroatoms. The van der Waals surface area contributed by atoms with Crippen molar-refractivity contribution in [1.29, 1.82) is 5.26 Å². The molecule has 1 fully saturated rings. The smallest absolute Gasteiger partial charge is 0.303 e. The van der Waals surface area contributed by atoms with Crippen LogP contribution >= 0.6 is 0 Å². The standard InChI is InChI=1S/C31H35NO10/c1-7-22-8-10-23(11-9-22)13-24-14-25(12-17(2)26(24)15-32)31(37)30(41-21(6)36)29(40-20(5)35)28(39-19(4)34)27(42-31)16-38-18(3)33/h8-12,14,27-30,37H,7,13,16H2,1-6H3/t27-,28-,29+,30-,31-/m1/s1. The molecule has 42 heavy (non-hydrogen) atoms. The van der Waals surface area contributed by atoms with Crippen LogP contribution in [0.3, 0.4) is 0 Å². The van der Waals surface area contributed by atoms with Gasteiger partial charge in [0, 0.05) is 33.3 Å². The lowest BCUT2D eigenvalue weighted by molar-refractivity contribution is -0.360. The van der Waals surface area contributed by atoms with E-state index in [4.69, 9.17) is 23.7 Å². The number of carbonyl (C=O) groups excluding carboxylic acids is 4. The molecule has 3 rings (SSSR count). The molecule has 0 saturated carbocycles. The highest BCUT2D eigenvalue weighted by Gasteiger charge is 2.60. The van der Waals surface area contributed by atoms with E-state index in [-0.39, 0.29) is 5.56 Å². The number of esters is 4. The third kappa shape index (κ3) is 7.51. The van der Waals surface area contributed by atoms with Gasteiger partial charge in [-0.05, 0) is 54.2 Å². The van der Waals surface area contributed by atoms with Crippen LogP contribution in [0.1, 0.15) is 68.0 Å². The number of aryl methyl sites for hydroxylation is 2. The Hall–Kier alpha value is -4.27. The molecule has 2 aromatic rings. The van der Waals surface area contributed by atoms with Gasteiger partial charge in [0.15, 0.2) is 12.2 Å². The number of hydrogen-bond acceptors (Lipinski definition) is 11. The Morgan fingerprint density at radius 3 is 2.00 bits per heavy atom. The second-order valence-corrected chi connectivity index (χ2v) is 10.1. The molecular weight excluding hydrogens is 546 g/mol. The van der Waals surface area contributed by atoms with Gasteiger partial charge >= 0.3 is 23.9 Å². The summed E-state index contributed by atoms with van der Waals surface area (Å²) in [7, 11) is 0. The molecule has 1 saturated heterocycles. The largest absolute Gasteiger partial charge is 0.463 e. The topological polar surface area (TPSA) is 158 Å². The monoisotopic (exact) mass is 581 g/mol. The summed E-state index contributed by atoms with van der Waals surface area (Å²) in [5.41, 5.74) is 3.57. The summed E-state index contributed by atoms with van der Waals surface area (Å²) in [4.78, 5) is 48.1. The number of nitriles is 1. The highest BCUT2D eigenvalue weighted by Crippen LogP contribution is 2.42. The van der Waals surface area contributed by atoms with E-state index in [0.29, 0.717) is 23.1 Å². The summed E-state index contributed by atoms with van der Waals surface area (Å²) in [6.07, 6.45) is -4.86. The molecule has 0 aliphatic carbocycles. The van der Waals surface area contributed by atoms with Crippen molar-refractivity contribution < 1.29 is 48.0 Å². The van der Waals surface area contributed by atoms with Gasteiger partial charge in [0.1, 0.15) is 12.7 Å². The lowest BCUT2D eigenvalue weighted by atomic mass is 9.84. The van der Waals surface area contributed by atoms with E-state index in [0.717, 1.165) is 45.2 Å². The van der Waals surface area contributed by atoms with Crippen molar-refractivity contribution in [2.24, 2.45) is 0 Å². The van der Waals surface area contributed by atoms with Crippen molar-refractivity contribution in [2.75, 3.05) is 6.61 Å². The quantitative estimate of drug-likeness (QED) is 0.343. The van der Waals surface area contributed by atoms with Crippen molar-refractivity contribution in [3.05, 3.63) is 69.8 Å². The van der Waals surface area contributed by atoms with Crippen LogP contribution < -0.4 is 0 Å². The van der Waals surface area contributed by atoms with E-state index in [1.54, 1.807) is 13.0 Å². The van der Waals surface area contributed by atoms with Gasteiger partial charge in [0.2, 0.25) is 11.9 Å². The summed E-state index contributed by atoms with van der Waals surface area (Å²) >= 11 is 0. The first kappa shape index (κ1) is 32.2. The molecule has 0 spiro atoms. The predicted octanol–water partition coefficient (Wildman–Crippen LogP) is 2.92. The molecule has 1 aliphatic rings. The van der Waals surface area contributed by atoms with E-state index >= 15 is 0 Å². The summed E-state index contributed by atoms with van der Waals surface area (Å²) in [6, 6.07) is 13.1. The maximum atomic E-state index is 12.3. The van der Waals surface area contributed by atoms with E-state index in [2.05, 4.69) is 6.07 Å². The molecule has 11 nitrogen and oxygen atoms in total. The predicted molar refractivity (Wildman–Crippen MR) is 147 cm³/mol. The minimum Gasteiger partial charge on any atom is -0.463 e. The van der Waals surface area contributed by atoms with E-state index < -0.39 is 60.7 Å². The number of hydrogen-bond donors (Lipinski definition) is 1. The molecule has 2 aromatic carbocycles. The van der Waals surface area contributed by atoms with E-state index in [9.17, 15) is 29.5 Å². The zero-order valence-corrected chi connectivity index (χ0v) is 24.5. The molecule has 224 valence electrons. The SMILES string of the molecule is CCc1ccc(Cc2cc([C@@]3(O)O[C@H](COC(C)=O)[C@@H](OC(C)=O)[C@H](OC(C)=O)[C@H]3OC(C)=O)cc(C)c2C#N)cc1. The van der Waals surface area contributed by atoms with Gasteiger partial charge in [-0.15, -0.1) is 0 Å². The number of rotatable bonds is 9. The molecule has 0 bridgehead atoms. The minimum absolute atomic E-state index is 0.0803. The molecule has 1 aliphatic heterocycles. The van der Waals surface area contributed by atoms with Gasteiger partial charge in [-0.3, -0.25) is 19.2 Å². The molecule has 0 unspecified atom stereocenters. The summed E-state index contributed by atoms with van der Waals surface area (Å²) in [5.74, 6) is -5.63. The molecule has 1 N–H and O–H groups in total. The zero-order chi connectivity index (χ0) is 31.2. The van der Waals surface area contributed by atoms with Gasteiger partial charge in [0.05, 0.1) is 11.6 Å². The van der Waals surface area contributed by atoms with Crippen LogP contribution in [0, 0.1) is 18.3 Å². The second kappa shape index (κ2) is 13.6. The zero-order valence-electron chi connectivity index (χ0n) is 24.5. The molecule has 1 heterocycles. The molecule has 5 atom stereocenters. The van der Waals surface area contributed by atoms with Crippen LogP contribution in [-0.4, -0.2) is 60.0 Å². The normalized spacial score (nSPS) is 23.3. The van der Waals surface area contributed by atoms with E-state index in [1.807, 2.05) is 31.2 Å². The van der Waals surface area contributed by atoms with Gasteiger partial charge in [-0.2, -0.15) is 5.26 Å². The van der Waals surface area contributed by atoms with Crippen molar-refractivity contribution in [2.45, 2.75) is 84.6 Å². The fourth-order valence-electron chi connectivity index (χ4n) is 4.99.